The molecule has 1 aromatic carbocycles. The number of primary amides is 1. The maximum Gasteiger partial charge on any atom is 0.249 e. The van der Waals surface area contributed by atoms with Gasteiger partial charge in [-0.3, -0.25) is 4.79 Å². The van der Waals surface area contributed by atoms with Crippen LogP contribution in [-0.2, 0) is 10.8 Å². The van der Waals surface area contributed by atoms with E-state index in [1.165, 1.54) is 6.26 Å². The van der Waals surface area contributed by atoms with Gasteiger partial charge in [0, 0.05) is 28.3 Å². The molecule has 5 nitrogen and oxygen atoms in total. The number of aromatic hydroxyl groups is 1. The van der Waals surface area contributed by atoms with Gasteiger partial charge >= 0.3 is 0 Å². The van der Waals surface area contributed by atoms with Crippen LogP contribution in [0.5, 0.6) is 5.75 Å². The average molecular weight is 316 g/mol. The van der Waals surface area contributed by atoms with E-state index in [1.807, 2.05) is 41.5 Å². The number of amides is 1. The largest absolute Gasteiger partial charge is 0.507 e. The summed E-state index contributed by atoms with van der Waals surface area (Å²) < 4.78 is 4.92. The van der Waals surface area contributed by atoms with E-state index in [0.29, 0.717) is 27.9 Å². The number of rotatable bonds is 2. The Morgan fingerprint density at radius 1 is 1.17 bits per heavy atom. The summed E-state index contributed by atoms with van der Waals surface area (Å²) in [6, 6.07) is 3.32. The number of benzene rings is 1. The summed E-state index contributed by atoms with van der Waals surface area (Å²) in [5.74, 6) is -0.382. The molecule has 1 amide bonds. The van der Waals surface area contributed by atoms with Crippen LogP contribution >= 0.6 is 0 Å². The van der Waals surface area contributed by atoms with Crippen molar-refractivity contribution in [1.82, 2.24) is 5.16 Å². The molecule has 1 aromatic heterocycles. The number of nitrogens with two attached hydrogens (primary N) is 1. The van der Waals surface area contributed by atoms with Crippen molar-refractivity contribution in [2.45, 2.75) is 52.4 Å². The van der Waals surface area contributed by atoms with Crippen LogP contribution in [-0.4, -0.2) is 16.2 Å². The first-order chi connectivity index (χ1) is 10.4. The fourth-order valence-corrected chi connectivity index (χ4v) is 2.78. The molecule has 23 heavy (non-hydrogen) atoms. The number of nitrogens with zero attached hydrogens (tertiary/aromatic N) is 1. The van der Waals surface area contributed by atoms with Gasteiger partial charge in [0.1, 0.15) is 17.7 Å². The molecule has 0 saturated heterocycles. The van der Waals surface area contributed by atoms with E-state index in [2.05, 4.69) is 5.16 Å². The van der Waals surface area contributed by atoms with Crippen LogP contribution in [0.1, 0.15) is 63.0 Å². The monoisotopic (exact) mass is 316 g/mol. The molecule has 0 unspecified atom stereocenters. The van der Waals surface area contributed by atoms with Gasteiger partial charge in [0.2, 0.25) is 5.91 Å². The molecular weight excluding hydrogens is 292 g/mol. The Kier molecular flexibility index (Phi) is 4.01. The fourth-order valence-electron chi connectivity index (χ4n) is 2.78. The van der Waals surface area contributed by atoms with Gasteiger partial charge in [-0.2, -0.15) is 0 Å². The number of aromatic nitrogens is 1. The molecule has 0 aliphatic rings. The molecule has 3 N–H and O–H groups in total. The smallest absolute Gasteiger partial charge is 0.249 e. The molecule has 124 valence electrons. The number of phenols is 1. The van der Waals surface area contributed by atoms with Crippen LogP contribution in [0.25, 0.3) is 11.3 Å². The minimum atomic E-state index is -0.556. The Morgan fingerprint density at radius 3 is 2.17 bits per heavy atom. The van der Waals surface area contributed by atoms with E-state index in [1.54, 1.807) is 12.1 Å². The molecule has 2 aromatic rings. The van der Waals surface area contributed by atoms with Gasteiger partial charge in [-0.25, -0.2) is 0 Å². The Morgan fingerprint density at radius 2 is 1.78 bits per heavy atom. The Bertz CT molecular complexity index is 733. The molecule has 0 radical (unpaired) electrons. The lowest BCUT2D eigenvalue weighted by Crippen LogP contribution is -2.23. The molecule has 5 heteroatoms. The summed E-state index contributed by atoms with van der Waals surface area (Å²) in [6.45, 7) is 11.9. The highest BCUT2D eigenvalue weighted by Crippen LogP contribution is 2.45. The van der Waals surface area contributed by atoms with E-state index < -0.39 is 11.3 Å². The minimum Gasteiger partial charge on any atom is -0.507 e. The first-order valence-electron chi connectivity index (χ1n) is 7.56. The summed E-state index contributed by atoms with van der Waals surface area (Å²) in [4.78, 5) is 12.1. The Balaban J connectivity index is 3.00. The molecule has 0 atom stereocenters. The van der Waals surface area contributed by atoms with Crippen molar-refractivity contribution in [1.29, 1.82) is 0 Å². The number of hydrogen-bond acceptors (Lipinski definition) is 4. The molecule has 0 spiro atoms. The predicted molar refractivity (Wildman–Crippen MR) is 89.5 cm³/mol. The second-order valence-electron chi connectivity index (χ2n) is 7.82. The van der Waals surface area contributed by atoms with E-state index in [9.17, 15) is 9.90 Å². The van der Waals surface area contributed by atoms with Crippen LogP contribution < -0.4 is 5.73 Å². The third kappa shape index (κ3) is 3.09. The van der Waals surface area contributed by atoms with Crippen LogP contribution in [0.15, 0.2) is 22.9 Å². The number of carbonyl (C=O) groups is 1. The molecule has 0 bridgehead atoms. The van der Waals surface area contributed by atoms with Crippen LogP contribution in [0.2, 0.25) is 0 Å². The summed E-state index contributed by atoms with van der Waals surface area (Å²) in [5, 5.41) is 14.9. The quantitative estimate of drug-likeness (QED) is 0.883. The van der Waals surface area contributed by atoms with Crippen molar-refractivity contribution >= 4 is 5.91 Å². The highest BCUT2D eigenvalue weighted by Gasteiger charge is 2.33. The normalized spacial score (nSPS) is 12.4. The lowest BCUT2D eigenvalue weighted by Gasteiger charge is -2.30. The van der Waals surface area contributed by atoms with Crippen molar-refractivity contribution in [2.24, 2.45) is 5.73 Å². The topological polar surface area (TPSA) is 89.4 Å². The molecule has 2 rings (SSSR count). The van der Waals surface area contributed by atoms with Crippen molar-refractivity contribution < 1.29 is 14.4 Å². The number of phenolic OH excluding ortho intramolecular Hbond substituents is 1. The molecule has 0 saturated carbocycles. The lowest BCUT2D eigenvalue weighted by molar-refractivity contribution is 0.100. The first-order valence-corrected chi connectivity index (χ1v) is 7.56. The second kappa shape index (κ2) is 5.41. The van der Waals surface area contributed by atoms with Crippen molar-refractivity contribution in [3.8, 4) is 17.0 Å². The van der Waals surface area contributed by atoms with E-state index in [-0.39, 0.29) is 11.2 Å². The standard InChI is InChI=1S/C18H24N2O3/c1-17(2,3)11-9-10(16(19)22)13(12-7-8-23-20-12)14(15(11)21)18(4,5)6/h7-9,21H,1-6H3,(H2,19,22). The maximum atomic E-state index is 12.1. The average Bonchev–Trinajstić information content (AvgIpc) is 2.87. The van der Waals surface area contributed by atoms with Crippen molar-refractivity contribution in [3.05, 3.63) is 35.1 Å². The highest BCUT2D eigenvalue weighted by molar-refractivity contribution is 6.01. The zero-order valence-corrected chi connectivity index (χ0v) is 14.5. The summed E-state index contributed by atoms with van der Waals surface area (Å²) in [5.41, 5.74) is 7.55. The Hall–Kier alpha value is -2.30. The van der Waals surface area contributed by atoms with Gasteiger partial charge in [-0.15, -0.1) is 0 Å². The lowest BCUT2D eigenvalue weighted by atomic mass is 9.75. The zero-order valence-electron chi connectivity index (χ0n) is 14.5. The van der Waals surface area contributed by atoms with Crippen LogP contribution in [0.4, 0.5) is 0 Å². The zero-order chi connectivity index (χ0) is 17.6. The van der Waals surface area contributed by atoms with E-state index in [0.717, 1.165) is 0 Å². The van der Waals surface area contributed by atoms with Crippen molar-refractivity contribution in [3.63, 3.8) is 0 Å². The predicted octanol–water partition coefficient (Wildman–Crippen LogP) is 3.74. The van der Waals surface area contributed by atoms with Gasteiger partial charge in [0.05, 0.1) is 0 Å². The molecule has 0 aliphatic carbocycles. The molecule has 0 aliphatic heterocycles. The van der Waals surface area contributed by atoms with E-state index in [4.69, 9.17) is 10.3 Å². The number of hydrogen-bond donors (Lipinski definition) is 2. The van der Waals surface area contributed by atoms with E-state index >= 15 is 0 Å². The summed E-state index contributed by atoms with van der Waals surface area (Å²) >= 11 is 0. The minimum absolute atomic E-state index is 0.174. The SMILES string of the molecule is CC(C)(C)c1cc(C(N)=O)c(-c2ccon2)c(C(C)(C)C)c1O. The maximum absolute atomic E-state index is 12.1. The van der Waals surface area contributed by atoms with Gasteiger partial charge < -0.3 is 15.4 Å². The molecule has 1 heterocycles. The molecule has 0 fully saturated rings. The second-order valence-corrected chi connectivity index (χ2v) is 7.82. The van der Waals surface area contributed by atoms with Crippen LogP contribution in [0, 0.1) is 0 Å². The van der Waals surface area contributed by atoms with Crippen molar-refractivity contribution in [2.75, 3.05) is 0 Å². The van der Waals surface area contributed by atoms with Gasteiger partial charge in [0.25, 0.3) is 0 Å². The third-order valence-corrected chi connectivity index (χ3v) is 3.82. The summed E-state index contributed by atoms with van der Waals surface area (Å²) in [6.07, 6.45) is 1.43. The van der Waals surface area contributed by atoms with Gasteiger partial charge in [-0.1, -0.05) is 46.7 Å². The van der Waals surface area contributed by atoms with Gasteiger partial charge in [0.15, 0.2) is 0 Å². The highest BCUT2D eigenvalue weighted by atomic mass is 16.5. The summed E-state index contributed by atoms with van der Waals surface area (Å²) in [7, 11) is 0. The van der Waals surface area contributed by atoms with Gasteiger partial charge in [-0.05, 0) is 16.9 Å². The number of carbonyl (C=O) groups excluding carboxylic acids is 1. The van der Waals surface area contributed by atoms with Crippen LogP contribution in [0.3, 0.4) is 0 Å². The Labute approximate surface area is 136 Å². The third-order valence-electron chi connectivity index (χ3n) is 3.82. The molecular formula is C18H24N2O3. The first kappa shape index (κ1) is 17.1. The fraction of sp³-hybridized carbons (Fsp3) is 0.444.